The van der Waals surface area contributed by atoms with Crippen LogP contribution in [-0.2, 0) is 66.3 Å². The lowest BCUT2D eigenvalue weighted by Gasteiger charge is -2.53. The van der Waals surface area contributed by atoms with E-state index in [2.05, 4.69) is 60.2 Å². The minimum Gasteiger partial charge on any atom is -0.355 e. The molecule has 11 fully saturated rings. The monoisotopic (exact) mass is 1150 g/mol. The van der Waals surface area contributed by atoms with E-state index in [4.69, 9.17) is 66.3 Å². The molecule has 11 rings (SSSR count). The van der Waals surface area contributed by atoms with Crippen LogP contribution in [0.15, 0.2) is 30.7 Å². The molecule has 32 nitrogen and oxygen atoms in total. The van der Waals surface area contributed by atoms with Crippen LogP contribution < -0.4 is 0 Å². The van der Waals surface area contributed by atoms with Gasteiger partial charge in [0.05, 0.1) is 74.5 Å². The zero-order valence-electron chi connectivity index (χ0n) is 46.1. The summed E-state index contributed by atoms with van der Waals surface area (Å²) in [6.07, 6.45) is 3.96. The molecule has 11 aliphatic rings. The van der Waals surface area contributed by atoms with E-state index in [9.17, 15) is 33.2 Å². The van der Waals surface area contributed by atoms with E-state index in [1.54, 1.807) is 0 Å². The highest BCUT2D eigenvalue weighted by molar-refractivity contribution is 5.10. The zero-order chi connectivity index (χ0) is 56.7. The molecule has 5 aliphatic heterocycles. The lowest BCUT2D eigenvalue weighted by atomic mass is 9.84. The molecule has 0 aromatic rings. The Morgan fingerprint density at radius 3 is 1.50 bits per heavy atom. The van der Waals surface area contributed by atoms with Gasteiger partial charge in [-0.25, -0.2) is 0 Å². The summed E-state index contributed by atoms with van der Waals surface area (Å²) in [6, 6.07) is -5.92. The van der Waals surface area contributed by atoms with Crippen LogP contribution in [0.4, 0.5) is 0 Å². The fraction of sp³-hybridized carbons (Fsp3) is 1.00. The maximum atomic E-state index is 10.3. The fourth-order valence-electron chi connectivity index (χ4n) is 14.7. The van der Waals surface area contributed by atoms with Crippen LogP contribution in [0.3, 0.4) is 0 Å². The largest absolute Gasteiger partial charge is 0.355 e. The predicted molar refractivity (Wildman–Crippen MR) is 280 cm³/mol. The summed E-state index contributed by atoms with van der Waals surface area (Å²) in [5.74, 6) is -3.68. The quantitative estimate of drug-likeness (QED) is 0.0405. The molecular weight excluding hydrogens is 1080 g/mol. The number of nitrogens with zero attached hydrogens (tertiary/aromatic N) is 18. The Morgan fingerprint density at radius 1 is 0.488 bits per heavy atom. The molecule has 0 amide bonds. The van der Waals surface area contributed by atoms with Gasteiger partial charge >= 0.3 is 0 Å². The average Bonchev–Trinajstić information content (AvgIpc) is 4.24. The molecule has 5 heterocycles. The van der Waals surface area contributed by atoms with Gasteiger partial charge in [0.25, 0.3) is 0 Å². The lowest BCUT2D eigenvalue weighted by molar-refractivity contribution is -0.393. The van der Waals surface area contributed by atoms with Crippen molar-refractivity contribution >= 4 is 0 Å². The Bertz CT molecular complexity index is 2520. The van der Waals surface area contributed by atoms with Gasteiger partial charge in [0, 0.05) is 80.8 Å². The van der Waals surface area contributed by atoms with E-state index in [1.807, 2.05) is 6.92 Å². The smallest absolute Gasteiger partial charge is 0.169 e. The van der Waals surface area contributed by atoms with Gasteiger partial charge in [0.1, 0.15) is 55.5 Å². The standard InChI is InChI=1S/C50H74N18O14/c1-28-34(25-71-47(77-28)14-6-2-7-15-47)73-45(75-37-29(57-63-51)22-31(59-65-53)39-43(37)81-49(78-39)18-10-4-11-19-49)33(61-67-55)24-69-27-70-42-36(62-68-56)46(74-35-26-72-48(80-41(35)42)16-8-3-9-17-48)76-38-30(58-64-52)23-32(60-66-54)40-44(38)82-50(79-40)20-12-5-13-21-50/h28-46H,2-27H2,1H3/t28-,29?,30?,31+,32+,33+,34?,35?,36-,37+,38+,39+,40+,41+,42?,43?,44?,45+,46+/m0/s1. The third-order valence-corrected chi connectivity index (χ3v) is 18.6. The van der Waals surface area contributed by atoms with Crippen LogP contribution in [0.25, 0.3) is 62.7 Å². The lowest BCUT2D eigenvalue weighted by Crippen LogP contribution is -2.67. The van der Waals surface area contributed by atoms with Crippen molar-refractivity contribution in [3.8, 4) is 0 Å². The highest BCUT2D eigenvalue weighted by atomic mass is 16.8. The minimum absolute atomic E-state index is 0.0575. The summed E-state index contributed by atoms with van der Waals surface area (Å²) in [5, 5.41) is 24.8. The Balaban J connectivity index is 0.865. The van der Waals surface area contributed by atoms with Gasteiger partial charge in [-0.2, -0.15) is 0 Å². The molecule has 0 N–H and O–H groups in total. The van der Waals surface area contributed by atoms with Crippen molar-refractivity contribution in [3.05, 3.63) is 62.7 Å². The molecule has 5 saturated heterocycles. The number of hydrogen-bond donors (Lipinski definition) is 0. The van der Waals surface area contributed by atoms with Gasteiger partial charge in [0.15, 0.2) is 35.7 Å². The highest BCUT2D eigenvalue weighted by Crippen LogP contribution is 2.50. The number of azide groups is 6. The van der Waals surface area contributed by atoms with E-state index in [0.717, 1.165) is 89.9 Å². The first kappa shape index (κ1) is 59.0. The third kappa shape index (κ3) is 12.5. The first-order valence-corrected chi connectivity index (χ1v) is 29.5. The minimum atomic E-state index is -1.43. The van der Waals surface area contributed by atoms with Crippen molar-refractivity contribution in [2.75, 3.05) is 26.6 Å². The van der Waals surface area contributed by atoms with Crippen LogP contribution in [0.1, 0.15) is 148 Å². The second-order valence-corrected chi connectivity index (χ2v) is 23.7. The molecule has 448 valence electrons. The molecule has 19 atom stereocenters. The Labute approximate surface area is 472 Å². The van der Waals surface area contributed by atoms with Crippen molar-refractivity contribution in [2.45, 2.75) is 287 Å². The van der Waals surface area contributed by atoms with Crippen LogP contribution in [-0.4, -0.2) is 166 Å². The van der Waals surface area contributed by atoms with Gasteiger partial charge < -0.3 is 66.3 Å². The van der Waals surface area contributed by atoms with E-state index >= 15 is 0 Å². The first-order chi connectivity index (χ1) is 40.1. The summed E-state index contributed by atoms with van der Waals surface area (Å²) in [5.41, 5.74) is 59.6. The summed E-state index contributed by atoms with van der Waals surface area (Å²) >= 11 is 0. The van der Waals surface area contributed by atoms with Gasteiger partial charge in [-0.1, -0.05) is 56.4 Å². The van der Waals surface area contributed by atoms with Crippen molar-refractivity contribution < 1.29 is 66.3 Å². The van der Waals surface area contributed by atoms with E-state index < -0.39 is 146 Å². The number of hydrogen-bond acceptors (Lipinski definition) is 20. The van der Waals surface area contributed by atoms with Gasteiger partial charge in [-0.15, -0.1) is 0 Å². The highest BCUT2D eigenvalue weighted by Gasteiger charge is 2.62. The Kier molecular flexibility index (Phi) is 18.9. The maximum Gasteiger partial charge on any atom is 0.169 e. The van der Waals surface area contributed by atoms with Crippen molar-refractivity contribution in [2.24, 2.45) is 30.7 Å². The van der Waals surface area contributed by atoms with Crippen LogP contribution >= 0.6 is 0 Å². The molecule has 0 bridgehead atoms. The van der Waals surface area contributed by atoms with Gasteiger partial charge in [-0.05, 0) is 104 Å². The normalized spacial score (nSPS) is 40.1. The third-order valence-electron chi connectivity index (χ3n) is 18.6. The maximum absolute atomic E-state index is 10.3. The second-order valence-electron chi connectivity index (χ2n) is 23.7. The SMILES string of the molecule is C[C@@H]1OC2(CCCCC2)OCC1O[C@H](O[C@@H]1C(N=[N+]=[N-])C[C@@H](N=[N+]=[N-])[C@H]2OC3(CCCCC3)OC12)[C@@H](COCOC1[C@@H]2OC3(CCCCC3)OCC2O[C@H](O[C@@H]2C(N=[N+]=[N-])C[C@@H](N=[N+]=[N-])[C@H]3OC4(CCCCC4)OC23)[C@H]1N=[N+]=[N-])N=[N+]=[N-]. The molecule has 6 aliphatic carbocycles. The molecule has 0 aromatic heterocycles. The van der Waals surface area contributed by atoms with Crippen LogP contribution in [0, 0.1) is 0 Å². The van der Waals surface area contributed by atoms with Gasteiger partial charge in [-0.3, -0.25) is 0 Å². The number of fused-ring (bicyclic) bond motifs is 3. The van der Waals surface area contributed by atoms with Crippen molar-refractivity contribution in [3.63, 3.8) is 0 Å². The van der Waals surface area contributed by atoms with E-state index in [0.29, 0.717) is 38.5 Å². The summed E-state index contributed by atoms with van der Waals surface area (Å²) in [6.45, 7) is 1.19. The summed E-state index contributed by atoms with van der Waals surface area (Å²) in [4.78, 5) is 18.9. The first-order valence-electron chi connectivity index (χ1n) is 29.5. The number of rotatable bonds is 18. The Morgan fingerprint density at radius 2 is 0.963 bits per heavy atom. The molecular formula is C50H74N18O14. The molecule has 0 radical (unpaired) electrons. The molecule has 4 spiro atoms. The molecule has 32 heteroatoms. The Hall–Kier alpha value is -4.70. The fourth-order valence-corrected chi connectivity index (χ4v) is 14.7. The van der Waals surface area contributed by atoms with Crippen LogP contribution in [0.5, 0.6) is 0 Å². The molecule has 0 aromatic carbocycles. The second kappa shape index (κ2) is 26.3. The zero-order valence-corrected chi connectivity index (χ0v) is 46.1. The summed E-state index contributed by atoms with van der Waals surface area (Å²) < 4.78 is 93.5. The summed E-state index contributed by atoms with van der Waals surface area (Å²) in [7, 11) is 0. The molecule has 82 heavy (non-hydrogen) atoms. The van der Waals surface area contributed by atoms with Crippen molar-refractivity contribution in [1.29, 1.82) is 0 Å². The van der Waals surface area contributed by atoms with Crippen molar-refractivity contribution in [1.82, 2.24) is 0 Å². The number of ether oxygens (including phenoxy) is 14. The molecule has 7 unspecified atom stereocenters. The van der Waals surface area contributed by atoms with E-state index in [1.165, 1.54) is 0 Å². The average molecular weight is 1150 g/mol. The van der Waals surface area contributed by atoms with E-state index in [-0.39, 0.29) is 32.7 Å². The topological polar surface area (TPSA) is 422 Å². The predicted octanol–water partition coefficient (Wildman–Crippen LogP) is 10.5. The van der Waals surface area contributed by atoms with Gasteiger partial charge in [0.2, 0.25) is 0 Å². The van der Waals surface area contributed by atoms with Crippen LogP contribution in [0.2, 0.25) is 0 Å². The molecule has 6 saturated carbocycles.